The lowest BCUT2D eigenvalue weighted by Crippen LogP contribution is -2.28. The molecule has 0 atom stereocenters. The predicted octanol–water partition coefficient (Wildman–Crippen LogP) is 1.80. The first kappa shape index (κ1) is 15.2. The molecule has 112 valence electrons. The fourth-order valence-electron chi connectivity index (χ4n) is 1.86. The maximum absolute atomic E-state index is 10.9. The molecule has 2 aromatic rings. The molecule has 0 saturated carbocycles. The summed E-state index contributed by atoms with van der Waals surface area (Å²) in [7, 11) is 0. The lowest BCUT2D eigenvalue weighted by Gasteiger charge is -2.17. The predicted molar refractivity (Wildman–Crippen MR) is 79.2 cm³/mol. The van der Waals surface area contributed by atoms with Crippen LogP contribution in [-0.2, 0) is 11.2 Å². The maximum atomic E-state index is 10.9. The van der Waals surface area contributed by atoms with Crippen LogP contribution in [0.4, 0.5) is 0 Å². The first-order valence-electron chi connectivity index (χ1n) is 6.70. The molecule has 0 amide bonds. The van der Waals surface area contributed by atoms with Gasteiger partial charge in [-0.05, 0) is 38.8 Å². The molecule has 2 heterocycles. The number of allylic oxidation sites excluding steroid dienone is 2. The summed E-state index contributed by atoms with van der Waals surface area (Å²) < 4.78 is 5.60. The zero-order valence-corrected chi connectivity index (χ0v) is 12.4. The average molecular weight is 289 g/mol. The topological polar surface area (TPSA) is 88.1 Å². The van der Waals surface area contributed by atoms with E-state index in [1.54, 1.807) is 19.9 Å². The quantitative estimate of drug-likeness (QED) is 0.792. The van der Waals surface area contributed by atoms with Crippen molar-refractivity contribution in [2.75, 3.05) is 6.61 Å². The Morgan fingerprint density at radius 3 is 2.90 bits per heavy atom. The zero-order chi connectivity index (χ0) is 15.5. The van der Waals surface area contributed by atoms with Crippen LogP contribution in [0.3, 0.4) is 0 Å². The molecule has 0 aliphatic heterocycles. The van der Waals surface area contributed by atoms with E-state index in [9.17, 15) is 9.90 Å². The number of carbonyl (C=O) groups is 1. The largest absolute Gasteiger partial charge is 0.474 e. The van der Waals surface area contributed by atoms with Crippen LogP contribution in [0.5, 0.6) is 5.88 Å². The number of hydrogen-bond acceptors (Lipinski definition) is 5. The molecule has 21 heavy (non-hydrogen) atoms. The molecule has 0 radical (unpaired) electrons. The second-order valence-electron chi connectivity index (χ2n) is 5.53. The van der Waals surface area contributed by atoms with Crippen LogP contribution < -0.4 is 4.74 Å². The molecule has 0 aliphatic carbocycles. The van der Waals surface area contributed by atoms with Crippen molar-refractivity contribution in [3.63, 3.8) is 0 Å². The Bertz CT molecular complexity index is 668. The van der Waals surface area contributed by atoms with E-state index in [1.807, 2.05) is 6.20 Å². The summed E-state index contributed by atoms with van der Waals surface area (Å²) in [6.07, 6.45) is 7.12. The Kier molecular flexibility index (Phi) is 4.37. The third-order valence-corrected chi connectivity index (χ3v) is 2.77. The van der Waals surface area contributed by atoms with E-state index in [4.69, 9.17) is 4.74 Å². The van der Waals surface area contributed by atoms with E-state index in [2.05, 4.69) is 15.0 Å². The number of hydrogen-bond donors (Lipinski definition) is 2. The van der Waals surface area contributed by atoms with Crippen molar-refractivity contribution in [1.29, 1.82) is 0 Å². The van der Waals surface area contributed by atoms with Crippen LogP contribution in [0.2, 0.25) is 0 Å². The SMILES string of the molecule is CC(=O)C=CCc1c[nH]c2ncnc(OCC(C)(C)O)c12. The van der Waals surface area contributed by atoms with Gasteiger partial charge < -0.3 is 14.8 Å². The van der Waals surface area contributed by atoms with Gasteiger partial charge in [0.15, 0.2) is 5.78 Å². The number of fused-ring (bicyclic) bond motifs is 1. The van der Waals surface area contributed by atoms with Gasteiger partial charge in [-0.2, -0.15) is 0 Å². The summed E-state index contributed by atoms with van der Waals surface area (Å²) >= 11 is 0. The van der Waals surface area contributed by atoms with Gasteiger partial charge in [0, 0.05) is 6.20 Å². The van der Waals surface area contributed by atoms with E-state index < -0.39 is 5.60 Å². The molecule has 2 N–H and O–H groups in total. The van der Waals surface area contributed by atoms with Gasteiger partial charge in [0.25, 0.3) is 0 Å². The highest BCUT2D eigenvalue weighted by Gasteiger charge is 2.17. The minimum atomic E-state index is -0.942. The van der Waals surface area contributed by atoms with Gasteiger partial charge in [0.2, 0.25) is 5.88 Å². The smallest absolute Gasteiger partial charge is 0.226 e. The van der Waals surface area contributed by atoms with Crippen molar-refractivity contribution >= 4 is 16.8 Å². The molecule has 0 fully saturated rings. The summed E-state index contributed by atoms with van der Waals surface area (Å²) in [6, 6.07) is 0. The third kappa shape index (κ3) is 4.13. The Morgan fingerprint density at radius 1 is 1.48 bits per heavy atom. The summed E-state index contributed by atoms with van der Waals surface area (Å²) in [5.41, 5.74) is 0.665. The summed E-state index contributed by atoms with van der Waals surface area (Å²) in [4.78, 5) is 22.3. The Labute approximate surface area is 122 Å². The van der Waals surface area contributed by atoms with Crippen molar-refractivity contribution in [3.8, 4) is 5.88 Å². The molecule has 6 nitrogen and oxygen atoms in total. The Morgan fingerprint density at radius 2 is 2.24 bits per heavy atom. The molecule has 2 rings (SSSR count). The minimum Gasteiger partial charge on any atom is -0.474 e. The van der Waals surface area contributed by atoms with E-state index in [-0.39, 0.29) is 12.4 Å². The number of ether oxygens (including phenoxy) is 1. The average Bonchev–Trinajstić information content (AvgIpc) is 2.79. The zero-order valence-electron chi connectivity index (χ0n) is 12.4. The van der Waals surface area contributed by atoms with Gasteiger partial charge in [-0.3, -0.25) is 4.79 Å². The molecule has 0 aromatic carbocycles. The molecule has 0 spiro atoms. The second-order valence-corrected chi connectivity index (χ2v) is 5.53. The number of aromatic amines is 1. The number of nitrogens with one attached hydrogen (secondary N) is 1. The first-order valence-corrected chi connectivity index (χ1v) is 6.70. The molecule has 0 aliphatic rings. The number of nitrogens with zero attached hydrogens (tertiary/aromatic N) is 2. The minimum absolute atomic E-state index is 0.00425. The number of aliphatic hydroxyl groups is 1. The number of H-pyrrole nitrogens is 1. The van der Waals surface area contributed by atoms with Crippen LogP contribution in [0.1, 0.15) is 26.3 Å². The molecular weight excluding hydrogens is 270 g/mol. The summed E-state index contributed by atoms with van der Waals surface area (Å²) in [5.74, 6) is 0.430. The van der Waals surface area contributed by atoms with Crippen LogP contribution in [-0.4, -0.2) is 38.0 Å². The highest BCUT2D eigenvalue weighted by Crippen LogP contribution is 2.26. The second kappa shape index (κ2) is 6.05. The fraction of sp³-hybridized carbons (Fsp3) is 0.400. The molecule has 6 heteroatoms. The van der Waals surface area contributed by atoms with Gasteiger partial charge in [-0.25, -0.2) is 9.97 Å². The number of ketones is 1. The standard InChI is InChI=1S/C15H19N3O3/c1-10(19)5-4-6-11-7-16-13-12(11)14(18-9-17-13)21-8-15(2,3)20/h4-5,7,9,20H,6,8H2,1-3H3,(H,16,17,18). The lowest BCUT2D eigenvalue weighted by molar-refractivity contribution is -0.112. The van der Waals surface area contributed by atoms with E-state index >= 15 is 0 Å². The van der Waals surface area contributed by atoms with E-state index in [1.165, 1.54) is 19.3 Å². The number of rotatable bonds is 6. The molecule has 0 unspecified atom stereocenters. The van der Waals surface area contributed by atoms with Crippen LogP contribution >= 0.6 is 0 Å². The van der Waals surface area contributed by atoms with Gasteiger partial charge in [0.05, 0.1) is 11.0 Å². The monoisotopic (exact) mass is 289 g/mol. The molecule has 0 saturated heterocycles. The van der Waals surface area contributed by atoms with Crippen LogP contribution in [0.25, 0.3) is 11.0 Å². The lowest BCUT2D eigenvalue weighted by atomic mass is 10.1. The molecule has 2 aromatic heterocycles. The Hall–Kier alpha value is -2.21. The van der Waals surface area contributed by atoms with Crippen molar-refractivity contribution in [1.82, 2.24) is 15.0 Å². The number of carbonyl (C=O) groups excluding carboxylic acids is 1. The summed E-state index contributed by atoms with van der Waals surface area (Å²) in [5, 5.41) is 10.5. The highest BCUT2D eigenvalue weighted by molar-refractivity contribution is 5.88. The summed E-state index contributed by atoms with van der Waals surface area (Å²) in [6.45, 7) is 4.97. The molecule has 0 bridgehead atoms. The molecular formula is C15H19N3O3. The van der Waals surface area contributed by atoms with Crippen molar-refractivity contribution in [2.45, 2.75) is 32.8 Å². The Balaban J connectivity index is 2.28. The maximum Gasteiger partial charge on any atom is 0.226 e. The first-order chi connectivity index (χ1) is 9.87. The van der Waals surface area contributed by atoms with Crippen LogP contribution in [0.15, 0.2) is 24.7 Å². The van der Waals surface area contributed by atoms with Gasteiger partial charge in [-0.15, -0.1) is 0 Å². The normalized spacial score (nSPS) is 12.2. The van der Waals surface area contributed by atoms with E-state index in [0.717, 1.165) is 10.9 Å². The highest BCUT2D eigenvalue weighted by atomic mass is 16.5. The van der Waals surface area contributed by atoms with Crippen molar-refractivity contribution in [2.24, 2.45) is 0 Å². The van der Waals surface area contributed by atoms with Crippen molar-refractivity contribution < 1.29 is 14.6 Å². The van der Waals surface area contributed by atoms with Gasteiger partial charge >= 0.3 is 0 Å². The number of aromatic nitrogens is 3. The van der Waals surface area contributed by atoms with Crippen molar-refractivity contribution in [3.05, 3.63) is 30.2 Å². The van der Waals surface area contributed by atoms with Crippen LogP contribution in [0, 0.1) is 0 Å². The van der Waals surface area contributed by atoms with Gasteiger partial charge in [0.1, 0.15) is 18.6 Å². The van der Waals surface area contributed by atoms with Gasteiger partial charge in [-0.1, -0.05) is 6.08 Å². The third-order valence-electron chi connectivity index (χ3n) is 2.77. The van der Waals surface area contributed by atoms with E-state index in [0.29, 0.717) is 17.9 Å². The fourth-order valence-corrected chi connectivity index (χ4v) is 1.86.